The van der Waals surface area contributed by atoms with E-state index in [0.29, 0.717) is 31.4 Å². The number of aryl methyl sites for hydroxylation is 2. The quantitative estimate of drug-likeness (QED) is 0.536. The van der Waals surface area contributed by atoms with Crippen molar-refractivity contribution in [2.24, 2.45) is 7.05 Å². The molecule has 4 nitrogen and oxygen atoms in total. The molecule has 0 bridgehead atoms. The van der Waals surface area contributed by atoms with Gasteiger partial charge in [-0.1, -0.05) is 6.07 Å². The van der Waals surface area contributed by atoms with E-state index in [1.165, 1.54) is 12.1 Å². The molecule has 1 aliphatic heterocycles. The van der Waals surface area contributed by atoms with Crippen LogP contribution in [0, 0.1) is 18.6 Å². The smallest absolute Gasteiger partial charge is 0.139 e. The molecule has 2 aromatic carbocycles. The standard InChI is InChI=1S/C24H23F2N2O2/c1-3-12-29-19-7-9-22-17(13-19)14-20(24-27-10-11-28(24)2)23(30-22)8-5-16-4-6-18(25)15-21(16)26/h4,6-7,9-11,13-15,23H,1,3,5,8,12H2,2H3. The molecule has 1 radical (unpaired) electrons. The summed E-state index contributed by atoms with van der Waals surface area (Å²) in [5.74, 6) is 1.16. The Balaban J connectivity index is 1.63. The summed E-state index contributed by atoms with van der Waals surface area (Å²) in [6, 6.07) is 9.35. The summed E-state index contributed by atoms with van der Waals surface area (Å²) in [5, 5.41) is 0. The fraction of sp³-hybridized carbons (Fsp3) is 0.250. The molecule has 1 atom stereocenters. The van der Waals surface area contributed by atoms with E-state index >= 15 is 0 Å². The highest BCUT2D eigenvalue weighted by atomic mass is 19.1. The van der Waals surface area contributed by atoms with Crippen LogP contribution in [0.15, 0.2) is 48.8 Å². The molecule has 0 amide bonds. The summed E-state index contributed by atoms with van der Waals surface area (Å²) >= 11 is 0. The van der Waals surface area contributed by atoms with Crippen LogP contribution in [0.25, 0.3) is 11.6 Å². The number of hydrogen-bond donors (Lipinski definition) is 0. The van der Waals surface area contributed by atoms with Gasteiger partial charge < -0.3 is 14.0 Å². The van der Waals surface area contributed by atoms with Gasteiger partial charge in [-0.05, 0) is 62.1 Å². The van der Waals surface area contributed by atoms with Crippen LogP contribution in [0.4, 0.5) is 8.78 Å². The van der Waals surface area contributed by atoms with Crippen molar-refractivity contribution in [3.8, 4) is 11.5 Å². The van der Waals surface area contributed by atoms with Crippen molar-refractivity contribution in [3.05, 3.63) is 84.3 Å². The molecule has 1 aliphatic rings. The zero-order chi connectivity index (χ0) is 21.1. The number of rotatable bonds is 7. The van der Waals surface area contributed by atoms with E-state index in [9.17, 15) is 8.78 Å². The topological polar surface area (TPSA) is 36.3 Å². The Hall–Kier alpha value is -3.15. The van der Waals surface area contributed by atoms with E-state index in [-0.39, 0.29) is 6.10 Å². The van der Waals surface area contributed by atoms with E-state index in [0.717, 1.165) is 34.5 Å². The van der Waals surface area contributed by atoms with Gasteiger partial charge in [-0.15, -0.1) is 0 Å². The van der Waals surface area contributed by atoms with Crippen LogP contribution < -0.4 is 9.47 Å². The van der Waals surface area contributed by atoms with Crippen LogP contribution in [0.3, 0.4) is 0 Å². The fourth-order valence-corrected chi connectivity index (χ4v) is 3.58. The molecule has 3 aromatic rings. The Morgan fingerprint density at radius 3 is 2.80 bits per heavy atom. The first-order valence-electron chi connectivity index (χ1n) is 9.91. The molecular formula is C24H23F2N2O2. The van der Waals surface area contributed by atoms with Crippen molar-refractivity contribution in [3.63, 3.8) is 0 Å². The molecule has 2 heterocycles. The lowest BCUT2D eigenvalue weighted by Gasteiger charge is -2.27. The van der Waals surface area contributed by atoms with E-state index in [2.05, 4.69) is 11.9 Å². The lowest BCUT2D eigenvalue weighted by molar-refractivity contribution is 0.242. The van der Waals surface area contributed by atoms with Crippen LogP contribution in [0.2, 0.25) is 0 Å². The summed E-state index contributed by atoms with van der Waals surface area (Å²) < 4.78 is 41.2. The molecule has 0 saturated heterocycles. The minimum Gasteiger partial charge on any atom is -0.494 e. The number of aromatic nitrogens is 2. The first-order valence-corrected chi connectivity index (χ1v) is 9.91. The van der Waals surface area contributed by atoms with Gasteiger partial charge in [0.1, 0.15) is 35.1 Å². The molecule has 30 heavy (non-hydrogen) atoms. The average Bonchev–Trinajstić information content (AvgIpc) is 3.16. The highest BCUT2D eigenvalue weighted by Gasteiger charge is 2.27. The molecule has 155 valence electrons. The first kappa shape index (κ1) is 20.1. The van der Waals surface area contributed by atoms with Crippen LogP contribution >= 0.6 is 0 Å². The normalized spacial score (nSPS) is 15.3. The zero-order valence-electron chi connectivity index (χ0n) is 16.8. The lowest BCUT2D eigenvalue weighted by Crippen LogP contribution is -2.24. The largest absolute Gasteiger partial charge is 0.494 e. The summed E-state index contributed by atoms with van der Waals surface area (Å²) in [4.78, 5) is 4.47. The van der Waals surface area contributed by atoms with Crippen LogP contribution in [0.1, 0.15) is 29.8 Å². The number of hydrogen-bond acceptors (Lipinski definition) is 3. The average molecular weight is 409 g/mol. The molecule has 1 unspecified atom stereocenters. The summed E-state index contributed by atoms with van der Waals surface area (Å²) in [6.07, 6.45) is 6.97. The van der Waals surface area contributed by atoms with Crippen molar-refractivity contribution in [2.45, 2.75) is 25.4 Å². The van der Waals surface area contributed by atoms with E-state index in [4.69, 9.17) is 9.47 Å². The Labute approximate surface area is 174 Å². The van der Waals surface area contributed by atoms with Crippen molar-refractivity contribution >= 4 is 11.6 Å². The maximum absolute atomic E-state index is 14.1. The van der Waals surface area contributed by atoms with Gasteiger partial charge in [-0.3, -0.25) is 0 Å². The number of ether oxygens (including phenoxy) is 2. The Bertz CT molecular complexity index is 1070. The SMILES string of the molecule is [CH2]CCOc1ccc2c(c1)C=C(c1nccn1C)C(CCc1ccc(F)cc1F)O2. The summed E-state index contributed by atoms with van der Waals surface area (Å²) in [6.45, 7) is 4.33. The third-order valence-electron chi connectivity index (χ3n) is 5.09. The van der Waals surface area contributed by atoms with E-state index < -0.39 is 11.6 Å². The minimum atomic E-state index is -0.579. The monoisotopic (exact) mass is 409 g/mol. The van der Waals surface area contributed by atoms with Gasteiger partial charge in [0, 0.05) is 36.6 Å². The number of fused-ring (bicyclic) bond motifs is 1. The number of benzene rings is 2. The number of nitrogens with zero attached hydrogens (tertiary/aromatic N) is 2. The highest BCUT2D eigenvalue weighted by Crippen LogP contribution is 2.37. The van der Waals surface area contributed by atoms with Crippen LogP contribution in [-0.2, 0) is 13.5 Å². The lowest BCUT2D eigenvalue weighted by atomic mass is 9.95. The maximum atomic E-state index is 14.1. The molecule has 0 N–H and O–H groups in total. The third-order valence-corrected chi connectivity index (χ3v) is 5.09. The summed E-state index contributed by atoms with van der Waals surface area (Å²) in [5.41, 5.74) is 2.27. The second-order valence-electron chi connectivity index (χ2n) is 7.24. The van der Waals surface area contributed by atoms with Gasteiger partial charge >= 0.3 is 0 Å². The number of halogens is 2. The second kappa shape index (κ2) is 8.69. The maximum Gasteiger partial charge on any atom is 0.139 e. The first-order chi connectivity index (χ1) is 14.5. The molecule has 0 spiro atoms. The van der Waals surface area contributed by atoms with E-state index in [1.807, 2.05) is 42.1 Å². The molecular weight excluding hydrogens is 386 g/mol. The van der Waals surface area contributed by atoms with Crippen molar-refractivity contribution in [1.29, 1.82) is 0 Å². The second-order valence-corrected chi connectivity index (χ2v) is 7.24. The minimum absolute atomic E-state index is 0.310. The zero-order valence-corrected chi connectivity index (χ0v) is 16.8. The Kier molecular flexibility index (Phi) is 5.84. The van der Waals surface area contributed by atoms with E-state index in [1.54, 1.807) is 6.20 Å². The van der Waals surface area contributed by atoms with Crippen molar-refractivity contribution in [1.82, 2.24) is 9.55 Å². The third kappa shape index (κ3) is 4.22. The van der Waals surface area contributed by atoms with Gasteiger partial charge in [0.2, 0.25) is 0 Å². The molecule has 1 aromatic heterocycles. The van der Waals surface area contributed by atoms with Crippen molar-refractivity contribution in [2.75, 3.05) is 6.61 Å². The Morgan fingerprint density at radius 2 is 2.07 bits per heavy atom. The Morgan fingerprint density at radius 1 is 1.20 bits per heavy atom. The van der Waals surface area contributed by atoms with Gasteiger partial charge in [-0.25, -0.2) is 13.8 Å². The fourth-order valence-electron chi connectivity index (χ4n) is 3.58. The number of imidazole rings is 1. The van der Waals surface area contributed by atoms with Gasteiger partial charge in [0.05, 0.1) is 6.61 Å². The predicted molar refractivity (Wildman–Crippen MR) is 112 cm³/mol. The predicted octanol–water partition coefficient (Wildman–Crippen LogP) is 5.24. The van der Waals surface area contributed by atoms with Crippen LogP contribution in [0.5, 0.6) is 11.5 Å². The van der Waals surface area contributed by atoms with Crippen LogP contribution in [-0.4, -0.2) is 22.3 Å². The van der Waals surface area contributed by atoms with Gasteiger partial charge in [0.15, 0.2) is 0 Å². The van der Waals surface area contributed by atoms with Crippen molar-refractivity contribution < 1.29 is 18.3 Å². The van der Waals surface area contributed by atoms with Gasteiger partial charge in [-0.2, -0.15) is 0 Å². The highest BCUT2D eigenvalue weighted by molar-refractivity contribution is 5.85. The molecule has 6 heteroatoms. The van der Waals surface area contributed by atoms with Gasteiger partial charge in [0.25, 0.3) is 0 Å². The molecule has 0 aliphatic carbocycles. The molecule has 0 saturated carbocycles. The molecule has 4 rings (SSSR count). The molecule has 0 fully saturated rings. The summed E-state index contributed by atoms with van der Waals surface area (Å²) in [7, 11) is 1.92.